The first kappa shape index (κ1) is 27.3. The summed E-state index contributed by atoms with van der Waals surface area (Å²) in [7, 11) is 0. The third-order valence-corrected chi connectivity index (χ3v) is 8.70. The van der Waals surface area contributed by atoms with Crippen LogP contribution in [0, 0.1) is 11.3 Å². The fourth-order valence-corrected chi connectivity index (χ4v) is 6.36. The Labute approximate surface area is 249 Å². The molecular formula is C34H31N5O4. The van der Waals surface area contributed by atoms with Gasteiger partial charge in [-0.05, 0) is 35.7 Å². The maximum Gasteiger partial charge on any atom is 0.228 e. The van der Waals surface area contributed by atoms with Crippen LogP contribution in [-0.4, -0.2) is 38.0 Å². The lowest BCUT2D eigenvalue weighted by atomic mass is 9.77. The molecule has 2 aliphatic rings. The molecule has 9 heteroatoms. The van der Waals surface area contributed by atoms with E-state index in [1.807, 2.05) is 97.9 Å². The number of fused-ring (bicyclic) bond motifs is 2. The van der Waals surface area contributed by atoms with Gasteiger partial charge in [0, 0.05) is 0 Å². The fraction of sp³-hybridized carbons (Fsp3) is 0.265. The summed E-state index contributed by atoms with van der Waals surface area (Å²) in [6.45, 7) is 2.74. The predicted molar refractivity (Wildman–Crippen MR) is 158 cm³/mol. The molecule has 2 N–H and O–H groups in total. The van der Waals surface area contributed by atoms with Crippen molar-refractivity contribution in [1.29, 1.82) is 5.26 Å². The molecule has 7 rings (SSSR count). The van der Waals surface area contributed by atoms with E-state index in [9.17, 15) is 5.26 Å². The van der Waals surface area contributed by atoms with Crippen LogP contribution in [0.3, 0.4) is 0 Å². The molecule has 5 atom stereocenters. The molecule has 43 heavy (non-hydrogen) atoms. The Balaban J connectivity index is 1.34. The van der Waals surface area contributed by atoms with Gasteiger partial charge in [-0.1, -0.05) is 91.0 Å². The second-order valence-corrected chi connectivity index (χ2v) is 11.1. The first-order valence-corrected chi connectivity index (χ1v) is 14.2. The van der Waals surface area contributed by atoms with Crippen molar-refractivity contribution in [3.63, 3.8) is 0 Å². The monoisotopic (exact) mass is 573 g/mol. The van der Waals surface area contributed by atoms with Gasteiger partial charge in [0.15, 0.2) is 11.4 Å². The minimum absolute atomic E-state index is 0.221. The highest BCUT2D eigenvalue weighted by atomic mass is 16.7. The molecule has 1 aliphatic heterocycles. The summed E-state index contributed by atoms with van der Waals surface area (Å²) in [5, 5.41) is 15.5. The number of hydrogen-bond donors (Lipinski definition) is 1. The van der Waals surface area contributed by atoms with E-state index < -0.39 is 29.0 Å². The molecule has 2 fully saturated rings. The number of nitrogens with two attached hydrogens (primary N) is 1. The van der Waals surface area contributed by atoms with Gasteiger partial charge in [0.05, 0.1) is 25.5 Å². The van der Waals surface area contributed by atoms with Gasteiger partial charge in [-0.15, -0.1) is 0 Å². The van der Waals surface area contributed by atoms with E-state index in [0.29, 0.717) is 23.6 Å². The van der Waals surface area contributed by atoms with Crippen LogP contribution < -0.4 is 5.73 Å². The summed E-state index contributed by atoms with van der Waals surface area (Å²) in [6, 6.07) is 35.8. The number of ether oxygens (including phenoxy) is 4. The average molecular weight is 574 g/mol. The number of hydrogen-bond acceptors (Lipinski definition) is 8. The highest BCUT2D eigenvalue weighted by Crippen LogP contribution is 2.68. The largest absolute Gasteiger partial charge is 0.382 e. The molecule has 0 bridgehead atoms. The molecule has 216 valence electrons. The molecule has 1 saturated carbocycles. The van der Waals surface area contributed by atoms with E-state index in [1.165, 1.54) is 6.33 Å². The molecule has 1 aliphatic carbocycles. The summed E-state index contributed by atoms with van der Waals surface area (Å²) in [4.78, 5) is 4.12. The van der Waals surface area contributed by atoms with Gasteiger partial charge in [-0.3, -0.25) is 0 Å². The van der Waals surface area contributed by atoms with Crippen molar-refractivity contribution in [3.05, 3.63) is 132 Å². The Morgan fingerprint density at radius 3 is 2.02 bits per heavy atom. The molecule has 0 spiro atoms. The highest BCUT2D eigenvalue weighted by Gasteiger charge is 2.90. The first-order chi connectivity index (χ1) is 21.0. The Morgan fingerprint density at radius 2 is 1.42 bits per heavy atom. The second kappa shape index (κ2) is 10.6. The zero-order chi connectivity index (χ0) is 29.5. The minimum Gasteiger partial charge on any atom is -0.382 e. The van der Waals surface area contributed by atoms with Crippen LogP contribution in [0.2, 0.25) is 0 Å². The van der Waals surface area contributed by atoms with Gasteiger partial charge in [0.2, 0.25) is 5.60 Å². The van der Waals surface area contributed by atoms with E-state index in [-0.39, 0.29) is 13.2 Å². The number of benzene rings is 3. The second-order valence-electron chi connectivity index (χ2n) is 11.1. The lowest BCUT2D eigenvalue weighted by Gasteiger charge is -2.43. The molecule has 1 saturated heterocycles. The maximum absolute atomic E-state index is 11.0. The Hall–Kier alpha value is -4.59. The van der Waals surface area contributed by atoms with Gasteiger partial charge in [-0.25, -0.2) is 9.50 Å². The lowest BCUT2D eigenvalue weighted by molar-refractivity contribution is -0.224. The third kappa shape index (κ3) is 4.22. The smallest absolute Gasteiger partial charge is 0.228 e. The number of nitrogen functional groups attached to an aromatic ring is 1. The van der Waals surface area contributed by atoms with Gasteiger partial charge < -0.3 is 24.7 Å². The van der Waals surface area contributed by atoms with Crippen LogP contribution in [0.1, 0.15) is 29.3 Å². The number of aromatic nitrogens is 3. The Kier molecular flexibility index (Phi) is 6.72. The van der Waals surface area contributed by atoms with Gasteiger partial charge >= 0.3 is 0 Å². The normalized spacial score (nSPS) is 27.5. The number of nitriles is 1. The van der Waals surface area contributed by atoms with E-state index >= 15 is 0 Å². The third-order valence-electron chi connectivity index (χ3n) is 8.70. The molecular weight excluding hydrogens is 542 g/mol. The summed E-state index contributed by atoms with van der Waals surface area (Å²) >= 11 is 0. The van der Waals surface area contributed by atoms with Crippen molar-refractivity contribution in [2.24, 2.45) is 0 Å². The maximum atomic E-state index is 11.0. The van der Waals surface area contributed by atoms with Crippen molar-refractivity contribution in [3.8, 4) is 6.07 Å². The highest BCUT2D eigenvalue weighted by molar-refractivity contribution is 5.66. The first-order valence-electron chi connectivity index (χ1n) is 14.2. The van der Waals surface area contributed by atoms with Crippen molar-refractivity contribution in [1.82, 2.24) is 14.6 Å². The van der Waals surface area contributed by atoms with Crippen molar-refractivity contribution in [2.75, 3.05) is 5.73 Å². The molecule has 2 unspecified atom stereocenters. The van der Waals surface area contributed by atoms with Gasteiger partial charge in [-0.2, -0.15) is 10.4 Å². The SMILES string of the molecule is C[C@]1(OCc2ccccc2)C(C#N)(c2ccc3c(N)ncnn23)O[C@@H]2C(OCc3ccccc3)[C@@]21OCc1ccccc1. The van der Waals surface area contributed by atoms with E-state index in [4.69, 9.17) is 24.7 Å². The van der Waals surface area contributed by atoms with Crippen molar-refractivity contribution < 1.29 is 18.9 Å². The van der Waals surface area contributed by atoms with Crippen LogP contribution in [0.25, 0.3) is 5.52 Å². The van der Waals surface area contributed by atoms with Gasteiger partial charge in [0.1, 0.15) is 35.7 Å². The van der Waals surface area contributed by atoms with Gasteiger partial charge in [0.25, 0.3) is 0 Å². The summed E-state index contributed by atoms with van der Waals surface area (Å²) < 4.78 is 28.6. The minimum atomic E-state index is -1.62. The van der Waals surface area contributed by atoms with E-state index in [2.05, 4.69) is 16.2 Å². The lowest BCUT2D eigenvalue weighted by Crippen LogP contribution is -2.60. The summed E-state index contributed by atoms with van der Waals surface area (Å²) in [6.07, 6.45) is 0.275. The van der Waals surface area contributed by atoms with Crippen molar-refractivity contribution >= 4 is 11.3 Å². The number of anilines is 1. The summed E-state index contributed by atoms with van der Waals surface area (Å²) in [5.41, 5.74) is 6.09. The predicted octanol–water partition coefficient (Wildman–Crippen LogP) is 4.96. The number of nitrogens with zero attached hydrogens (tertiary/aromatic N) is 4. The van der Waals surface area contributed by atoms with E-state index in [1.54, 1.807) is 16.6 Å². The standard InChI is InChI=1S/C34H31N5O4/c1-32(41-20-25-13-7-3-8-14-25)33(22-35,28-18-17-27-31(36)37-23-38-39(27)28)43-30-29(40-19-24-11-5-2-6-12-24)34(30,32)42-21-26-15-9-4-10-16-26/h2-18,23,29-30H,19-21H2,1H3,(H2,36,37,38)/t29?,30-,32+,33?,34-/m1/s1. The molecule has 2 aromatic heterocycles. The molecule has 0 radical (unpaired) electrons. The molecule has 9 nitrogen and oxygen atoms in total. The van der Waals surface area contributed by atoms with Crippen LogP contribution in [-0.2, 0) is 44.4 Å². The quantitative estimate of drug-likeness (QED) is 0.249. The van der Waals surface area contributed by atoms with Crippen LogP contribution in [0.5, 0.6) is 0 Å². The van der Waals surface area contributed by atoms with E-state index in [0.717, 1.165) is 16.7 Å². The number of rotatable bonds is 10. The fourth-order valence-electron chi connectivity index (χ4n) is 6.36. The topological polar surface area (TPSA) is 117 Å². The summed E-state index contributed by atoms with van der Waals surface area (Å²) in [5.74, 6) is 0.295. The molecule has 5 aromatic rings. The van der Waals surface area contributed by atoms with Crippen molar-refractivity contribution in [2.45, 2.75) is 55.8 Å². The Morgan fingerprint density at radius 1 is 0.837 bits per heavy atom. The van der Waals surface area contributed by atoms with Crippen LogP contribution >= 0.6 is 0 Å². The Bertz CT molecular complexity index is 1780. The average Bonchev–Trinajstić information content (AvgIpc) is 3.32. The molecule has 0 amide bonds. The molecule has 3 heterocycles. The zero-order valence-corrected chi connectivity index (χ0v) is 23.7. The zero-order valence-electron chi connectivity index (χ0n) is 23.7. The van der Waals surface area contributed by atoms with Crippen LogP contribution in [0.15, 0.2) is 109 Å². The molecule has 3 aromatic carbocycles. The van der Waals surface area contributed by atoms with Crippen LogP contribution in [0.4, 0.5) is 5.82 Å².